The van der Waals surface area contributed by atoms with E-state index in [2.05, 4.69) is 17.1 Å². The van der Waals surface area contributed by atoms with Gasteiger partial charge in [0.05, 0.1) is 22.3 Å². The number of alkyl halides is 1. The summed E-state index contributed by atoms with van der Waals surface area (Å²) in [5.41, 5.74) is 2.08. The minimum atomic E-state index is 0.0167. The average molecular weight is 268 g/mol. The lowest BCUT2D eigenvalue weighted by Crippen LogP contribution is -2.44. The largest absolute Gasteiger partial charge is 0.337 e. The highest BCUT2D eigenvalue weighted by atomic mass is 35.5. The summed E-state index contributed by atoms with van der Waals surface area (Å²) in [6.07, 6.45) is 0.955. The molecule has 0 saturated carbocycles. The fourth-order valence-corrected chi connectivity index (χ4v) is 2.44. The molecule has 2 atom stereocenters. The van der Waals surface area contributed by atoms with E-state index in [1.165, 1.54) is 0 Å². The van der Waals surface area contributed by atoms with E-state index in [9.17, 15) is 4.79 Å². The Balaban J connectivity index is 2.19. The van der Waals surface area contributed by atoms with Gasteiger partial charge in [-0.25, -0.2) is 0 Å². The summed E-state index contributed by atoms with van der Waals surface area (Å²) >= 11 is 6.24. The monoisotopic (exact) mass is 267 g/mol. The van der Waals surface area contributed by atoms with Crippen molar-refractivity contribution in [1.29, 1.82) is 0 Å². The summed E-state index contributed by atoms with van der Waals surface area (Å²) in [7, 11) is 0. The highest BCUT2D eigenvalue weighted by Crippen LogP contribution is 2.23. The second-order valence-corrected chi connectivity index (χ2v) is 5.58. The van der Waals surface area contributed by atoms with Gasteiger partial charge in [-0.15, -0.1) is 11.6 Å². The predicted octanol–water partition coefficient (Wildman–Crippen LogP) is 2.18. The molecule has 1 fully saturated rings. The summed E-state index contributed by atoms with van der Waals surface area (Å²) in [6, 6.07) is 1.80. The van der Waals surface area contributed by atoms with Crippen LogP contribution in [-0.4, -0.2) is 39.5 Å². The lowest BCUT2D eigenvalue weighted by molar-refractivity contribution is 0.0700. The number of rotatable bonds is 1. The van der Waals surface area contributed by atoms with Crippen molar-refractivity contribution in [3.8, 4) is 0 Å². The van der Waals surface area contributed by atoms with E-state index in [4.69, 9.17) is 11.6 Å². The van der Waals surface area contributed by atoms with Crippen molar-refractivity contribution < 1.29 is 4.79 Å². The van der Waals surface area contributed by atoms with E-state index in [-0.39, 0.29) is 11.3 Å². The average Bonchev–Trinajstić information content (AvgIpc) is 2.35. The van der Waals surface area contributed by atoms with Crippen molar-refractivity contribution >= 4 is 17.5 Å². The Kier molecular flexibility index (Phi) is 3.85. The number of hydrogen-bond acceptors (Lipinski definition) is 3. The summed E-state index contributed by atoms with van der Waals surface area (Å²) in [5.74, 6) is 0.483. The Morgan fingerprint density at radius 3 is 2.83 bits per heavy atom. The molecule has 0 bridgehead atoms. The van der Waals surface area contributed by atoms with Crippen LogP contribution in [0.4, 0.5) is 0 Å². The number of likely N-dealkylation sites (tertiary alicyclic amines) is 1. The number of aromatic nitrogens is 2. The number of hydrogen-bond donors (Lipinski definition) is 0. The van der Waals surface area contributed by atoms with E-state index >= 15 is 0 Å². The summed E-state index contributed by atoms with van der Waals surface area (Å²) in [4.78, 5) is 14.2. The smallest absolute Gasteiger partial charge is 0.255 e. The lowest BCUT2D eigenvalue weighted by atomic mass is 9.98. The molecule has 1 aliphatic rings. The van der Waals surface area contributed by atoms with Crippen LogP contribution < -0.4 is 0 Å². The van der Waals surface area contributed by atoms with Gasteiger partial charge in [0, 0.05) is 13.1 Å². The molecule has 0 radical (unpaired) electrons. The van der Waals surface area contributed by atoms with E-state index < -0.39 is 0 Å². The quantitative estimate of drug-likeness (QED) is 0.733. The van der Waals surface area contributed by atoms with Gasteiger partial charge in [-0.2, -0.15) is 10.2 Å². The van der Waals surface area contributed by atoms with Gasteiger partial charge in [-0.05, 0) is 32.3 Å². The third-order valence-electron chi connectivity index (χ3n) is 3.48. The van der Waals surface area contributed by atoms with Crippen molar-refractivity contribution in [2.45, 2.75) is 32.6 Å². The number of amides is 1. The Morgan fingerprint density at radius 2 is 2.17 bits per heavy atom. The topological polar surface area (TPSA) is 46.1 Å². The second kappa shape index (κ2) is 5.22. The van der Waals surface area contributed by atoms with Gasteiger partial charge < -0.3 is 4.90 Å². The van der Waals surface area contributed by atoms with Gasteiger partial charge in [-0.1, -0.05) is 6.92 Å². The van der Waals surface area contributed by atoms with E-state index in [1.54, 1.807) is 6.07 Å². The molecule has 1 aliphatic heterocycles. The van der Waals surface area contributed by atoms with Gasteiger partial charge in [0.25, 0.3) is 5.91 Å². The van der Waals surface area contributed by atoms with Crippen LogP contribution in [-0.2, 0) is 0 Å². The van der Waals surface area contributed by atoms with Crippen molar-refractivity contribution in [1.82, 2.24) is 15.1 Å². The molecule has 18 heavy (non-hydrogen) atoms. The van der Waals surface area contributed by atoms with Crippen LogP contribution in [0.2, 0.25) is 0 Å². The Labute approximate surface area is 112 Å². The van der Waals surface area contributed by atoms with Crippen LogP contribution >= 0.6 is 11.6 Å². The van der Waals surface area contributed by atoms with Crippen molar-refractivity contribution in [3.63, 3.8) is 0 Å². The molecule has 0 aromatic carbocycles. The molecule has 98 valence electrons. The molecule has 1 amide bonds. The summed E-state index contributed by atoms with van der Waals surface area (Å²) < 4.78 is 0. The first-order chi connectivity index (χ1) is 8.49. The van der Waals surface area contributed by atoms with Gasteiger partial charge in [0.15, 0.2) is 0 Å². The number of piperidine rings is 1. The van der Waals surface area contributed by atoms with Gasteiger partial charge in [-0.3, -0.25) is 4.79 Å². The van der Waals surface area contributed by atoms with E-state index in [1.807, 2.05) is 18.7 Å². The zero-order valence-corrected chi connectivity index (χ0v) is 11.7. The second-order valence-electron chi connectivity index (χ2n) is 5.02. The maximum atomic E-state index is 12.4. The van der Waals surface area contributed by atoms with Crippen LogP contribution in [0, 0.1) is 19.8 Å². The number of carbonyl (C=O) groups excluding carboxylic acids is 1. The first-order valence-electron chi connectivity index (χ1n) is 6.23. The Morgan fingerprint density at radius 1 is 1.44 bits per heavy atom. The van der Waals surface area contributed by atoms with Gasteiger partial charge in [0.2, 0.25) is 0 Å². The highest BCUT2D eigenvalue weighted by molar-refractivity contribution is 6.21. The standard InChI is InChI=1S/C13H18ClN3O/c1-8-4-5-17(7-12(8)14)13(18)11-6-9(2)15-16-10(11)3/h6,8,12H,4-5,7H2,1-3H3. The molecule has 2 rings (SSSR count). The van der Waals surface area contributed by atoms with Crippen molar-refractivity contribution in [3.05, 3.63) is 23.0 Å². The third-order valence-corrected chi connectivity index (χ3v) is 4.05. The molecule has 1 aromatic rings. The molecule has 0 aliphatic carbocycles. The first-order valence-corrected chi connectivity index (χ1v) is 6.67. The SMILES string of the molecule is Cc1cc(C(=O)N2CCC(C)C(Cl)C2)c(C)nn1. The molecule has 5 heteroatoms. The first kappa shape index (κ1) is 13.3. The van der Waals surface area contributed by atoms with Crippen molar-refractivity contribution in [2.24, 2.45) is 5.92 Å². The highest BCUT2D eigenvalue weighted by Gasteiger charge is 2.28. The molecule has 2 unspecified atom stereocenters. The van der Waals surface area contributed by atoms with E-state index in [0.717, 1.165) is 18.7 Å². The number of nitrogens with zero attached hydrogens (tertiary/aromatic N) is 3. The van der Waals surface area contributed by atoms with Crippen molar-refractivity contribution in [2.75, 3.05) is 13.1 Å². The van der Waals surface area contributed by atoms with Gasteiger partial charge >= 0.3 is 0 Å². The summed E-state index contributed by atoms with van der Waals surface area (Å²) in [6.45, 7) is 7.16. The Hall–Kier alpha value is -1.16. The molecule has 0 spiro atoms. The zero-order chi connectivity index (χ0) is 13.3. The normalized spacial score (nSPS) is 24.1. The third kappa shape index (κ3) is 2.64. The van der Waals surface area contributed by atoms with Gasteiger partial charge in [0.1, 0.15) is 0 Å². The fourth-order valence-electron chi connectivity index (χ4n) is 2.14. The summed E-state index contributed by atoms with van der Waals surface area (Å²) in [5, 5.41) is 7.99. The molecule has 4 nitrogen and oxygen atoms in total. The molecular formula is C13H18ClN3O. The Bertz CT molecular complexity index is 464. The van der Waals surface area contributed by atoms with E-state index in [0.29, 0.717) is 23.7 Å². The number of halogens is 1. The molecule has 1 saturated heterocycles. The molecule has 0 N–H and O–H groups in total. The number of carbonyl (C=O) groups is 1. The maximum Gasteiger partial charge on any atom is 0.255 e. The van der Waals surface area contributed by atoms with Crippen LogP contribution in [0.15, 0.2) is 6.07 Å². The molecular weight excluding hydrogens is 250 g/mol. The maximum absolute atomic E-state index is 12.4. The minimum Gasteiger partial charge on any atom is -0.337 e. The number of aryl methyl sites for hydroxylation is 2. The predicted molar refractivity (Wildman–Crippen MR) is 70.8 cm³/mol. The van der Waals surface area contributed by atoms with Crippen LogP contribution in [0.3, 0.4) is 0 Å². The minimum absolute atomic E-state index is 0.0167. The van der Waals surface area contributed by atoms with Crippen LogP contribution in [0.25, 0.3) is 0 Å². The zero-order valence-electron chi connectivity index (χ0n) is 11.0. The fraction of sp³-hybridized carbons (Fsp3) is 0.615. The van der Waals surface area contributed by atoms with Crippen LogP contribution in [0.5, 0.6) is 0 Å². The van der Waals surface area contributed by atoms with Crippen LogP contribution in [0.1, 0.15) is 35.1 Å². The molecule has 1 aromatic heterocycles. The molecule has 2 heterocycles. The lowest BCUT2D eigenvalue weighted by Gasteiger charge is -2.34.